The average molecular weight is 288 g/mol. The zero-order chi connectivity index (χ0) is 13.2. The molecule has 1 heterocycles. The molecule has 1 aromatic rings. The highest BCUT2D eigenvalue weighted by Gasteiger charge is 2.03. The van der Waals surface area contributed by atoms with Crippen molar-refractivity contribution in [2.75, 3.05) is 16.8 Å². The summed E-state index contributed by atoms with van der Waals surface area (Å²) in [4.78, 5) is 25.7. The summed E-state index contributed by atoms with van der Waals surface area (Å²) in [7, 11) is 0. The number of rotatable bonds is 9. The number of nitrogens with one attached hydrogen (secondary N) is 1. The Hall–Kier alpha value is -1.08. The van der Waals surface area contributed by atoms with Crippen molar-refractivity contribution in [3.8, 4) is 0 Å². The first-order valence-electron chi connectivity index (χ1n) is 5.67. The first-order valence-corrected chi connectivity index (χ1v) is 7.71. The van der Waals surface area contributed by atoms with Crippen molar-refractivity contribution < 1.29 is 14.7 Å². The summed E-state index contributed by atoms with van der Waals surface area (Å²) >= 11 is 2.96. The Bertz CT molecular complexity index is 368. The van der Waals surface area contributed by atoms with E-state index in [1.165, 1.54) is 11.3 Å². The molecule has 0 aliphatic carbocycles. The summed E-state index contributed by atoms with van der Waals surface area (Å²) in [6, 6.07) is 0. The fraction of sp³-hybridized carbons (Fsp3) is 0.545. The highest BCUT2D eigenvalue weighted by Crippen LogP contribution is 2.12. The van der Waals surface area contributed by atoms with Gasteiger partial charge in [0.15, 0.2) is 5.13 Å². The highest BCUT2D eigenvalue weighted by molar-refractivity contribution is 7.99. The number of hydrogen-bond acceptors (Lipinski definition) is 5. The summed E-state index contributed by atoms with van der Waals surface area (Å²) in [6.07, 6.45) is 4.43. The number of unbranched alkanes of at least 4 members (excludes halogenated alkanes) is 2. The Balaban J connectivity index is 1.94. The molecule has 0 unspecified atom stereocenters. The minimum absolute atomic E-state index is 0.0412. The number of nitrogens with zero attached hydrogens (tertiary/aromatic N) is 1. The number of carbonyl (C=O) groups excluding carboxylic acids is 1. The second-order valence-corrected chi connectivity index (χ2v) is 5.64. The molecular weight excluding hydrogens is 272 g/mol. The maximum Gasteiger partial charge on any atom is 0.303 e. The van der Waals surface area contributed by atoms with Crippen LogP contribution in [0.15, 0.2) is 11.6 Å². The molecule has 0 atom stereocenters. The maximum atomic E-state index is 11.4. The van der Waals surface area contributed by atoms with E-state index < -0.39 is 5.97 Å². The first kappa shape index (κ1) is 15.0. The third-order valence-electron chi connectivity index (χ3n) is 2.09. The Labute approximate surface area is 114 Å². The number of carboxylic acids is 1. The van der Waals surface area contributed by atoms with Crippen LogP contribution in [0.3, 0.4) is 0 Å². The fourth-order valence-corrected chi connectivity index (χ4v) is 2.62. The molecule has 100 valence electrons. The number of aliphatic carboxylic acids is 1. The van der Waals surface area contributed by atoms with Gasteiger partial charge in [0.2, 0.25) is 5.91 Å². The third kappa shape index (κ3) is 7.29. The van der Waals surface area contributed by atoms with Crippen LogP contribution in [0.1, 0.15) is 25.7 Å². The van der Waals surface area contributed by atoms with Gasteiger partial charge in [0.05, 0.1) is 5.75 Å². The predicted molar refractivity (Wildman–Crippen MR) is 74.2 cm³/mol. The van der Waals surface area contributed by atoms with E-state index in [0.29, 0.717) is 17.3 Å². The SMILES string of the molecule is O=C(O)CCCCCSCC(=O)Nc1nccs1. The molecule has 0 aromatic carbocycles. The van der Waals surface area contributed by atoms with Crippen LogP contribution in [-0.4, -0.2) is 33.5 Å². The Morgan fingerprint density at radius 3 is 2.89 bits per heavy atom. The number of thioether (sulfide) groups is 1. The Kier molecular flexibility index (Phi) is 7.43. The second kappa shape index (κ2) is 8.93. The van der Waals surface area contributed by atoms with Gasteiger partial charge in [-0.25, -0.2) is 4.98 Å². The van der Waals surface area contributed by atoms with Gasteiger partial charge in [0.25, 0.3) is 0 Å². The summed E-state index contributed by atoms with van der Waals surface area (Å²) in [6.45, 7) is 0. The molecule has 0 aliphatic heterocycles. The van der Waals surface area contributed by atoms with Gasteiger partial charge in [-0.1, -0.05) is 6.42 Å². The second-order valence-electron chi connectivity index (χ2n) is 3.64. The first-order chi connectivity index (χ1) is 8.68. The maximum absolute atomic E-state index is 11.4. The van der Waals surface area contributed by atoms with E-state index in [9.17, 15) is 9.59 Å². The number of thiazole rings is 1. The van der Waals surface area contributed by atoms with E-state index in [1.807, 2.05) is 5.38 Å². The van der Waals surface area contributed by atoms with Gasteiger partial charge in [-0.2, -0.15) is 11.8 Å². The molecule has 0 fully saturated rings. The van der Waals surface area contributed by atoms with E-state index in [-0.39, 0.29) is 12.3 Å². The lowest BCUT2D eigenvalue weighted by atomic mass is 10.2. The van der Waals surface area contributed by atoms with Gasteiger partial charge in [-0.15, -0.1) is 11.3 Å². The van der Waals surface area contributed by atoms with Crippen LogP contribution in [0.25, 0.3) is 0 Å². The van der Waals surface area contributed by atoms with Gasteiger partial charge in [-0.05, 0) is 18.6 Å². The lowest BCUT2D eigenvalue weighted by molar-refractivity contribution is -0.137. The molecule has 0 saturated carbocycles. The van der Waals surface area contributed by atoms with Crippen molar-refractivity contribution in [3.05, 3.63) is 11.6 Å². The van der Waals surface area contributed by atoms with Crippen molar-refractivity contribution in [2.45, 2.75) is 25.7 Å². The minimum Gasteiger partial charge on any atom is -0.481 e. The smallest absolute Gasteiger partial charge is 0.303 e. The standard InChI is InChI=1S/C11H16N2O3S2/c14-9(13-11-12-5-7-18-11)8-17-6-3-1-2-4-10(15)16/h5,7H,1-4,6,8H2,(H,15,16)(H,12,13,14). The predicted octanol–water partition coefficient (Wildman–Crippen LogP) is 2.46. The van der Waals surface area contributed by atoms with Crippen molar-refractivity contribution in [3.63, 3.8) is 0 Å². The zero-order valence-electron chi connectivity index (χ0n) is 9.92. The Morgan fingerprint density at radius 1 is 1.39 bits per heavy atom. The van der Waals surface area contributed by atoms with Crippen LogP contribution >= 0.6 is 23.1 Å². The fourth-order valence-electron chi connectivity index (χ4n) is 1.26. The number of amides is 1. The molecule has 0 bridgehead atoms. The molecule has 1 amide bonds. The molecule has 0 radical (unpaired) electrons. The Morgan fingerprint density at radius 2 is 2.22 bits per heavy atom. The van der Waals surface area contributed by atoms with E-state index in [4.69, 9.17) is 5.11 Å². The van der Waals surface area contributed by atoms with Crippen molar-refractivity contribution >= 4 is 40.1 Å². The largest absolute Gasteiger partial charge is 0.481 e. The molecule has 7 heteroatoms. The third-order valence-corrected chi connectivity index (χ3v) is 3.82. The number of aromatic nitrogens is 1. The number of carbonyl (C=O) groups is 2. The van der Waals surface area contributed by atoms with Crippen LogP contribution in [0.4, 0.5) is 5.13 Å². The van der Waals surface area contributed by atoms with Crippen LogP contribution < -0.4 is 5.32 Å². The number of anilines is 1. The summed E-state index contributed by atoms with van der Waals surface area (Å²) in [5.74, 6) is 0.509. The van der Waals surface area contributed by atoms with Gasteiger partial charge in [-0.3, -0.25) is 9.59 Å². The van der Waals surface area contributed by atoms with Gasteiger partial charge in [0, 0.05) is 18.0 Å². The summed E-state index contributed by atoms with van der Waals surface area (Å²) in [5, 5.41) is 13.6. The monoisotopic (exact) mass is 288 g/mol. The molecule has 0 spiro atoms. The molecule has 5 nitrogen and oxygen atoms in total. The lowest BCUT2D eigenvalue weighted by Gasteiger charge is -2.02. The summed E-state index contributed by atoms with van der Waals surface area (Å²) < 4.78 is 0. The van der Waals surface area contributed by atoms with Gasteiger partial charge in [0.1, 0.15) is 0 Å². The van der Waals surface area contributed by atoms with E-state index >= 15 is 0 Å². The van der Waals surface area contributed by atoms with Crippen LogP contribution in [0.2, 0.25) is 0 Å². The highest BCUT2D eigenvalue weighted by atomic mass is 32.2. The van der Waals surface area contributed by atoms with Crippen LogP contribution in [-0.2, 0) is 9.59 Å². The lowest BCUT2D eigenvalue weighted by Crippen LogP contribution is -2.14. The molecule has 2 N–H and O–H groups in total. The molecule has 1 aromatic heterocycles. The average Bonchev–Trinajstić information content (AvgIpc) is 2.80. The van der Waals surface area contributed by atoms with E-state index in [0.717, 1.165) is 18.6 Å². The number of carboxylic acid groups (broad SMARTS) is 1. The normalized spacial score (nSPS) is 10.2. The van der Waals surface area contributed by atoms with Gasteiger partial charge < -0.3 is 10.4 Å². The molecule has 0 saturated heterocycles. The van der Waals surface area contributed by atoms with E-state index in [1.54, 1.807) is 18.0 Å². The summed E-state index contributed by atoms with van der Waals surface area (Å²) in [5.41, 5.74) is 0. The molecule has 18 heavy (non-hydrogen) atoms. The topological polar surface area (TPSA) is 79.3 Å². The van der Waals surface area contributed by atoms with Crippen LogP contribution in [0.5, 0.6) is 0 Å². The van der Waals surface area contributed by atoms with Crippen molar-refractivity contribution in [2.24, 2.45) is 0 Å². The molecule has 1 rings (SSSR count). The van der Waals surface area contributed by atoms with Crippen molar-refractivity contribution in [1.29, 1.82) is 0 Å². The molecule has 0 aliphatic rings. The minimum atomic E-state index is -0.745. The van der Waals surface area contributed by atoms with Crippen molar-refractivity contribution in [1.82, 2.24) is 4.98 Å². The number of hydrogen-bond donors (Lipinski definition) is 2. The van der Waals surface area contributed by atoms with Gasteiger partial charge >= 0.3 is 5.97 Å². The molecular formula is C11H16N2O3S2. The van der Waals surface area contributed by atoms with Crippen LogP contribution in [0, 0.1) is 0 Å². The zero-order valence-corrected chi connectivity index (χ0v) is 11.6. The van der Waals surface area contributed by atoms with E-state index in [2.05, 4.69) is 10.3 Å². The quantitative estimate of drug-likeness (QED) is 0.682.